The number of carbonyl (C=O) groups is 1. The number of benzene rings is 2. The number of hydrogen-bond donors (Lipinski definition) is 1. The maximum absolute atomic E-state index is 10.9. The molecule has 0 unspecified atom stereocenters. The first-order valence-corrected chi connectivity index (χ1v) is 6.48. The molecule has 1 heterocycles. The molecular formula is C16H13N3O2. The zero-order chi connectivity index (χ0) is 14.8. The zero-order valence-corrected chi connectivity index (χ0v) is 11.4. The van der Waals surface area contributed by atoms with Crippen LogP contribution in [0.2, 0.25) is 0 Å². The van der Waals surface area contributed by atoms with Crippen molar-refractivity contribution in [3.05, 3.63) is 66.2 Å². The van der Waals surface area contributed by atoms with Gasteiger partial charge in [-0.05, 0) is 30.2 Å². The summed E-state index contributed by atoms with van der Waals surface area (Å²) >= 11 is 0. The van der Waals surface area contributed by atoms with E-state index in [1.54, 1.807) is 6.92 Å². The van der Waals surface area contributed by atoms with Crippen molar-refractivity contribution >= 4 is 5.97 Å². The maximum Gasteiger partial charge on any atom is 0.375 e. The Bertz CT molecular complexity index is 777. The minimum atomic E-state index is -1.13. The fourth-order valence-electron chi connectivity index (χ4n) is 2.15. The lowest BCUT2D eigenvalue weighted by atomic mass is 10.1. The van der Waals surface area contributed by atoms with Crippen LogP contribution in [-0.4, -0.2) is 25.8 Å². The van der Waals surface area contributed by atoms with E-state index in [0.29, 0.717) is 5.82 Å². The molecule has 0 amide bonds. The van der Waals surface area contributed by atoms with E-state index < -0.39 is 5.97 Å². The number of rotatable bonds is 3. The summed E-state index contributed by atoms with van der Waals surface area (Å²) in [6, 6.07) is 17.8. The minimum absolute atomic E-state index is 0.195. The molecule has 104 valence electrons. The van der Waals surface area contributed by atoms with Gasteiger partial charge in [0.05, 0.1) is 5.69 Å². The smallest absolute Gasteiger partial charge is 0.375 e. The van der Waals surface area contributed by atoms with Crippen LogP contribution < -0.4 is 0 Å². The summed E-state index contributed by atoms with van der Waals surface area (Å²) < 4.78 is 1.53. The lowest BCUT2D eigenvalue weighted by Crippen LogP contribution is -2.02. The van der Waals surface area contributed by atoms with Crippen molar-refractivity contribution in [1.82, 2.24) is 14.8 Å². The monoisotopic (exact) mass is 279 g/mol. The normalized spacial score (nSPS) is 10.5. The predicted octanol–water partition coefficient (Wildman–Crippen LogP) is 2.94. The van der Waals surface area contributed by atoms with E-state index in [9.17, 15) is 4.79 Å². The molecule has 0 atom stereocenters. The number of aromatic carboxylic acids is 1. The molecular weight excluding hydrogens is 266 g/mol. The second-order valence-corrected chi connectivity index (χ2v) is 4.61. The summed E-state index contributed by atoms with van der Waals surface area (Å²) in [6.45, 7) is 1.73. The van der Waals surface area contributed by atoms with Crippen molar-refractivity contribution in [2.75, 3.05) is 0 Å². The van der Waals surface area contributed by atoms with Crippen LogP contribution in [0, 0.1) is 6.92 Å². The fourth-order valence-corrected chi connectivity index (χ4v) is 2.15. The van der Waals surface area contributed by atoms with E-state index >= 15 is 0 Å². The van der Waals surface area contributed by atoms with Gasteiger partial charge in [-0.3, -0.25) is 0 Å². The van der Waals surface area contributed by atoms with Gasteiger partial charge in [-0.15, -0.1) is 5.10 Å². The molecule has 0 aliphatic carbocycles. The van der Waals surface area contributed by atoms with E-state index in [4.69, 9.17) is 5.11 Å². The van der Waals surface area contributed by atoms with Gasteiger partial charge in [-0.25, -0.2) is 14.5 Å². The Balaban J connectivity index is 1.96. The lowest BCUT2D eigenvalue weighted by Gasteiger charge is -2.05. The van der Waals surface area contributed by atoms with Gasteiger partial charge in [0.15, 0.2) is 0 Å². The standard InChI is InChI=1S/C16H13N3O2/c1-11-17-15(16(20)21)18-19(11)14-9-7-13(8-10-14)12-5-3-2-4-6-12/h2-10H,1H3,(H,20,21). The summed E-state index contributed by atoms with van der Waals surface area (Å²) in [5.41, 5.74) is 3.01. The van der Waals surface area contributed by atoms with Gasteiger partial charge >= 0.3 is 5.97 Å². The molecule has 5 heteroatoms. The molecule has 0 saturated heterocycles. The first kappa shape index (κ1) is 13.1. The van der Waals surface area contributed by atoms with Crippen LogP contribution in [0.15, 0.2) is 54.6 Å². The molecule has 1 N–H and O–H groups in total. The van der Waals surface area contributed by atoms with E-state index in [1.807, 2.05) is 54.6 Å². The SMILES string of the molecule is Cc1nc(C(=O)O)nn1-c1ccc(-c2ccccc2)cc1. The van der Waals surface area contributed by atoms with Crippen molar-refractivity contribution in [2.24, 2.45) is 0 Å². The van der Waals surface area contributed by atoms with E-state index in [1.165, 1.54) is 4.68 Å². The van der Waals surface area contributed by atoms with Crippen LogP contribution in [0.4, 0.5) is 0 Å². The Morgan fingerprint density at radius 3 is 2.19 bits per heavy atom. The maximum atomic E-state index is 10.9. The summed E-state index contributed by atoms with van der Waals surface area (Å²) in [5.74, 6) is -0.780. The number of aryl methyl sites for hydroxylation is 1. The molecule has 0 aliphatic rings. The molecule has 0 saturated carbocycles. The molecule has 1 aromatic heterocycles. The largest absolute Gasteiger partial charge is 0.475 e. The van der Waals surface area contributed by atoms with Crippen molar-refractivity contribution in [1.29, 1.82) is 0 Å². The molecule has 0 fully saturated rings. The number of carboxylic acids is 1. The quantitative estimate of drug-likeness (QED) is 0.800. The van der Waals surface area contributed by atoms with Gasteiger partial charge in [0.2, 0.25) is 0 Å². The van der Waals surface area contributed by atoms with Gasteiger partial charge in [-0.1, -0.05) is 42.5 Å². The lowest BCUT2D eigenvalue weighted by molar-refractivity contribution is 0.0683. The van der Waals surface area contributed by atoms with Gasteiger partial charge < -0.3 is 5.11 Å². The van der Waals surface area contributed by atoms with E-state index in [-0.39, 0.29) is 5.82 Å². The highest BCUT2D eigenvalue weighted by atomic mass is 16.4. The Labute approximate surface area is 121 Å². The number of carboxylic acid groups (broad SMARTS) is 1. The second kappa shape index (κ2) is 5.20. The molecule has 2 aromatic carbocycles. The summed E-state index contributed by atoms with van der Waals surface area (Å²) in [5, 5.41) is 12.9. The van der Waals surface area contributed by atoms with Gasteiger partial charge in [0.1, 0.15) is 5.82 Å². The second-order valence-electron chi connectivity index (χ2n) is 4.61. The Morgan fingerprint density at radius 1 is 1.00 bits per heavy atom. The van der Waals surface area contributed by atoms with Gasteiger partial charge in [0, 0.05) is 0 Å². The summed E-state index contributed by atoms with van der Waals surface area (Å²) in [4.78, 5) is 14.8. The number of hydrogen-bond acceptors (Lipinski definition) is 3. The van der Waals surface area contributed by atoms with Crippen molar-refractivity contribution in [2.45, 2.75) is 6.92 Å². The first-order chi connectivity index (χ1) is 10.1. The summed E-state index contributed by atoms with van der Waals surface area (Å²) in [7, 11) is 0. The zero-order valence-electron chi connectivity index (χ0n) is 11.4. The number of nitrogens with zero attached hydrogens (tertiary/aromatic N) is 3. The average Bonchev–Trinajstić information content (AvgIpc) is 2.91. The Morgan fingerprint density at radius 2 is 1.62 bits per heavy atom. The Hall–Kier alpha value is -2.95. The number of aromatic nitrogens is 3. The third kappa shape index (κ3) is 2.53. The predicted molar refractivity (Wildman–Crippen MR) is 78.5 cm³/mol. The molecule has 0 spiro atoms. The van der Waals surface area contributed by atoms with E-state index in [0.717, 1.165) is 16.8 Å². The molecule has 0 aliphatic heterocycles. The molecule has 3 rings (SSSR count). The molecule has 0 radical (unpaired) electrons. The van der Waals surface area contributed by atoms with Crippen molar-refractivity contribution < 1.29 is 9.90 Å². The highest BCUT2D eigenvalue weighted by Crippen LogP contribution is 2.20. The van der Waals surface area contributed by atoms with Crippen molar-refractivity contribution in [3.8, 4) is 16.8 Å². The molecule has 0 bridgehead atoms. The van der Waals surface area contributed by atoms with E-state index in [2.05, 4.69) is 10.1 Å². The van der Waals surface area contributed by atoms with Crippen molar-refractivity contribution in [3.63, 3.8) is 0 Å². The van der Waals surface area contributed by atoms with Crippen LogP contribution in [-0.2, 0) is 0 Å². The van der Waals surface area contributed by atoms with Crippen LogP contribution in [0.5, 0.6) is 0 Å². The molecule has 21 heavy (non-hydrogen) atoms. The highest BCUT2D eigenvalue weighted by molar-refractivity contribution is 5.83. The fraction of sp³-hybridized carbons (Fsp3) is 0.0625. The summed E-state index contributed by atoms with van der Waals surface area (Å²) in [6.07, 6.45) is 0. The minimum Gasteiger partial charge on any atom is -0.475 e. The van der Waals surface area contributed by atoms with Crippen LogP contribution in [0.25, 0.3) is 16.8 Å². The molecule has 3 aromatic rings. The third-order valence-electron chi connectivity index (χ3n) is 3.18. The van der Waals surface area contributed by atoms with Gasteiger partial charge in [0.25, 0.3) is 5.82 Å². The van der Waals surface area contributed by atoms with Crippen LogP contribution in [0.3, 0.4) is 0 Å². The van der Waals surface area contributed by atoms with Gasteiger partial charge in [-0.2, -0.15) is 0 Å². The van der Waals surface area contributed by atoms with Crippen LogP contribution >= 0.6 is 0 Å². The third-order valence-corrected chi connectivity index (χ3v) is 3.18. The first-order valence-electron chi connectivity index (χ1n) is 6.48. The Kier molecular flexibility index (Phi) is 3.23. The topological polar surface area (TPSA) is 68.0 Å². The average molecular weight is 279 g/mol. The molecule has 5 nitrogen and oxygen atoms in total. The highest BCUT2D eigenvalue weighted by Gasteiger charge is 2.13. The van der Waals surface area contributed by atoms with Crippen LogP contribution in [0.1, 0.15) is 16.4 Å².